The van der Waals surface area contributed by atoms with E-state index in [0.717, 1.165) is 6.42 Å². The van der Waals surface area contributed by atoms with Crippen LogP contribution in [0.1, 0.15) is 12.5 Å². The molecular weight excluding hydrogens is 256 g/mol. The smallest absolute Gasteiger partial charge is 0.0724 e. The third kappa shape index (κ3) is 1.76. The summed E-state index contributed by atoms with van der Waals surface area (Å²) >= 11 is 0. The summed E-state index contributed by atoms with van der Waals surface area (Å²) in [7, 11) is 0. The molecule has 0 radical (unpaired) electrons. The van der Waals surface area contributed by atoms with Crippen molar-refractivity contribution in [2.24, 2.45) is 0 Å². The molecule has 4 rings (SSSR count). The van der Waals surface area contributed by atoms with Gasteiger partial charge in [-0.05, 0) is 30.2 Å². The highest BCUT2D eigenvalue weighted by molar-refractivity contribution is 6.08. The lowest BCUT2D eigenvalue weighted by molar-refractivity contribution is 1.06. The van der Waals surface area contributed by atoms with Crippen molar-refractivity contribution in [3.05, 3.63) is 72.6 Å². The van der Waals surface area contributed by atoms with E-state index in [1.807, 2.05) is 12.4 Å². The maximum absolute atomic E-state index is 4.33. The van der Waals surface area contributed by atoms with Gasteiger partial charge in [0, 0.05) is 22.7 Å². The van der Waals surface area contributed by atoms with Crippen molar-refractivity contribution in [3.63, 3.8) is 0 Å². The lowest BCUT2D eigenvalue weighted by Gasteiger charge is -2.11. The molecule has 102 valence electrons. The molecule has 0 amide bonds. The van der Waals surface area contributed by atoms with E-state index in [1.165, 1.54) is 33.1 Å². The Morgan fingerprint density at radius 1 is 0.857 bits per heavy atom. The van der Waals surface area contributed by atoms with Gasteiger partial charge in [-0.25, -0.2) is 0 Å². The Bertz CT molecular complexity index is 881. The molecule has 0 bridgehead atoms. The van der Waals surface area contributed by atoms with Gasteiger partial charge in [0.1, 0.15) is 0 Å². The maximum Gasteiger partial charge on any atom is 0.0724 e. The first-order chi connectivity index (χ1) is 10.4. The van der Waals surface area contributed by atoms with Crippen molar-refractivity contribution < 1.29 is 0 Å². The molecule has 2 aromatic heterocycles. The molecule has 2 nitrogen and oxygen atoms in total. The summed E-state index contributed by atoms with van der Waals surface area (Å²) in [5.74, 6) is 0. The third-order valence-corrected chi connectivity index (χ3v) is 4.09. The Balaban J connectivity index is 2.20. The standard InChI is InChI=1S/C19H16N2/c1-2-14-7-3-5-9-17(14)21-18-10-6-4-8-15(18)16-11-12-20-13-19(16)21/h3-13H,2H2,1H3. The van der Waals surface area contributed by atoms with Gasteiger partial charge in [-0.1, -0.05) is 43.3 Å². The average molecular weight is 272 g/mol. The highest BCUT2D eigenvalue weighted by Gasteiger charge is 2.13. The molecule has 2 heterocycles. The van der Waals surface area contributed by atoms with Gasteiger partial charge in [0.2, 0.25) is 0 Å². The van der Waals surface area contributed by atoms with E-state index in [9.17, 15) is 0 Å². The van der Waals surface area contributed by atoms with Crippen LogP contribution in [0.3, 0.4) is 0 Å². The van der Waals surface area contributed by atoms with Crippen LogP contribution < -0.4 is 0 Å². The van der Waals surface area contributed by atoms with Crippen LogP contribution in [0.2, 0.25) is 0 Å². The van der Waals surface area contributed by atoms with E-state index < -0.39 is 0 Å². The van der Waals surface area contributed by atoms with Crippen LogP contribution in [-0.2, 0) is 6.42 Å². The van der Waals surface area contributed by atoms with Gasteiger partial charge in [0.25, 0.3) is 0 Å². The minimum atomic E-state index is 1.02. The number of benzene rings is 2. The number of fused-ring (bicyclic) bond motifs is 3. The quantitative estimate of drug-likeness (QED) is 0.515. The van der Waals surface area contributed by atoms with Crippen LogP contribution in [0, 0.1) is 0 Å². The molecule has 4 aromatic rings. The number of aromatic nitrogens is 2. The van der Waals surface area contributed by atoms with Crippen LogP contribution in [0.5, 0.6) is 0 Å². The van der Waals surface area contributed by atoms with E-state index in [1.54, 1.807) is 0 Å². The summed E-state index contributed by atoms with van der Waals surface area (Å²) < 4.78 is 2.33. The molecule has 0 spiro atoms. The molecule has 0 fully saturated rings. The fourth-order valence-corrected chi connectivity index (χ4v) is 3.11. The summed E-state index contributed by atoms with van der Waals surface area (Å²) in [5, 5.41) is 2.53. The zero-order valence-electron chi connectivity index (χ0n) is 12.0. The summed E-state index contributed by atoms with van der Waals surface area (Å²) in [6.45, 7) is 2.20. The SMILES string of the molecule is CCc1ccccc1-n1c2ccccc2c2ccncc21. The highest BCUT2D eigenvalue weighted by atomic mass is 15.0. The summed E-state index contributed by atoms with van der Waals surface area (Å²) in [4.78, 5) is 4.33. The van der Waals surface area contributed by atoms with Crippen molar-refractivity contribution in [2.75, 3.05) is 0 Å². The van der Waals surface area contributed by atoms with Gasteiger partial charge in [0.15, 0.2) is 0 Å². The molecule has 21 heavy (non-hydrogen) atoms. The largest absolute Gasteiger partial charge is 0.307 e. The van der Waals surface area contributed by atoms with Gasteiger partial charge >= 0.3 is 0 Å². The molecule has 0 N–H and O–H groups in total. The number of aryl methyl sites for hydroxylation is 1. The van der Waals surface area contributed by atoms with Crippen LogP contribution in [-0.4, -0.2) is 9.55 Å². The van der Waals surface area contributed by atoms with Gasteiger partial charge < -0.3 is 4.57 Å². The Labute approximate surface area is 123 Å². The molecule has 0 aliphatic heterocycles. The summed E-state index contributed by atoms with van der Waals surface area (Å²) in [6.07, 6.45) is 4.84. The maximum atomic E-state index is 4.33. The van der Waals surface area contributed by atoms with Crippen molar-refractivity contribution >= 4 is 21.8 Å². The second-order valence-electron chi connectivity index (χ2n) is 5.23. The molecule has 0 saturated carbocycles. The zero-order valence-corrected chi connectivity index (χ0v) is 12.0. The molecule has 0 saturated heterocycles. The fourth-order valence-electron chi connectivity index (χ4n) is 3.11. The Morgan fingerprint density at radius 2 is 1.62 bits per heavy atom. The Morgan fingerprint density at radius 3 is 2.52 bits per heavy atom. The van der Waals surface area contributed by atoms with Gasteiger partial charge in [-0.3, -0.25) is 4.98 Å². The highest BCUT2D eigenvalue weighted by Crippen LogP contribution is 2.32. The Hall–Kier alpha value is -2.61. The second-order valence-corrected chi connectivity index (χ2v) is 5.23. The number of pyridine rings is 1. The van der Waals surface area contributed by atoms with E-state index in [0.29, 0.717) is 0 Å². The van der Waals surface area contributed by atoms with Crippen LogP contribution in [0.15, 0.2) is 67.0 Å². The lowest BCUT2D eigenvalue weighted by atomic mass is 10.1. The van der Waals surface area contributed by atoms with Crippen LogP contribution in [0.25, 0.3) is 27.5 Å². The number of hydrogen-bond donors (Lipinski definition) is 0. The molecular formula is C19H16N2. The van der Waals surface area contributed by atoms with E-state index in [2.05, 4.69) is 71.1 Å². The number of hydrogen-bond acceptors (Lipinski definition) is 1. The van der Waals surface area contributed by atoms with Crippen molar-refractivity contribution in [3.8, 4) is 5.69 Å². The van der Waals surface area contributed by atoms with Crippen LogP contribution >= 0.6 is 0 Å². The molecule has 2 heteroatoms. The molecule has 2 aromatic carbocycles. The molecule has 0 aliphatic carbocycles. The van der Waals surface area contributed by atoms with Crippen molar-refractivity contribution in [1.82, 2.24) is 9.55 Å². The number of rotatable bonds is 2. The van der Waals surface area contributed by atoms with E-state index in [4.69, 9.17) is 0 Å². The van der Waals surface area contributed by atoms with E-state index >= 15 is 0 Å². The van der Waals surface area contributed by atoms with Gasteiger partial charge in [0.05, 0.1) is 17.2 Å². The lowest BCUT2D eigenvalue weighted by Crippen LogP contribution is -1.98. The van der Waals surface area contributed by atoms with Gasteiger partial charge in [-0.15, -0.1) is 0 Å². The van der Waals surface area contributed by atoms with Crippen molar-refractivity contribution in [2.45, 2.75) is 13.3 Å². The zero-order chi connectivity index (χ0) is 14.2. The second kappa shape index (κ2) is 4.74. The minimum absolute atomic E-state index is 1.02. The average Bonchev–Trinajstić information content (AvgIpc) is 2.89. The monoisotopic (exact) mass is 272 g/mol. The first kappa shape index (κ1) is 12.2. The first-order valence-electron chi connectivity index (χ1n) is 7.31. The summed E-state index contributed by atoms with van der Waals surface area (Å²) in [5.41, 5.74) is 5.00. The Kier molecular flexibility index (Phi) is 2.74. The molecule has 0 aliphatic rings. The normalized spacial score (nSPS) is 11.3. The van der Waals surface area contributed by atoms with Crippen molar-refractivity contribution in [1.29, 1.82) is 0 Å². The minimum Gasteiger partial charge on any atom is -0.307 e. The first-order valence-corrected chi connectivity index (χ1v) is 7.31. The summed E-state index contributed by atoms with van der Waals surface area (Å²) in [6, 6.07) is 19.3. The van der Waals surface area contributed by atoms with Crippen LogP contribution in [0.4, 0.5) is 0 Å². The predicted molar refractivity (Wildman–Crippen MR) is 88.0 cm³/mol. The predicted octanol–water partition coefficient (Wildman–Crippen LogP) is 4.74. The molecule has 0 atom stereocenters. The topological polar surface area (TPSA) is 17.8 Å². The molecule has 0 unspecified atom stereocenters. The van der Waals surface area contributed by atoms with E-state index in [-0.39, 0.29) is 0 Å². The third-order valence-electron chi connectivity index (χ3n) is 4.09. The fraction of sp³-hybridized carbons (Fsp3) is 0.105. The number of nitrogens with zero attached hydrogens (tertiary/aromatic N) is 2. The van der Waals surface area contributed by atoms with Gasteiger partial charge in [-0.2, -0.15) is 0 Å². The number of para-hydroxylation sites is 2.